The van der Waals surface area contributed by atoms with E-state index in [2.05, 4.69) is 15.4 Å². The van der Waals surface area contributed by atoms with Crippen molar-refractivity contribution in [2.24, 2.45) is 11.7 Å². The molecule has 2 amide bonds. The summed E-state index contributed by atoms with van der Waals surface area (Å²) in [6.45, 7) is 0.756. The first kappa shape index (κ1) is 16.0. The summed E-state index contributed by atoms with van der Waals surface area (Å²) in [6.07, 6.45) is 0.488. The van der Waals surface area contributed by atoms with Crippen LogP contribution in [0, 0.1) is 5.92 Å². The molecular weight excluding hydrogens is 286 g/mol. The third-order valence-corrected chi connectivity index (χ3v) is 3.54. The number of carbonyl (C=O) groups is 3. The number of carbonyl (C=O) groups excluding carboxylic acids is 3. The number of esters is 1. The van der Waals surface area contributed by atoms with E-state index >= 15 is 0 Å². The molecule has 0 aromatic heterocycles. The minimum Gasteiger partial charge on any atom is -0.469 e. The summed E-state index contributed by atoms with van der Waals surface area (Å²) in [5.41, 5.74) is 7.29. The van der Waals surface area contributed by atoms with E-state index in [-0.39, 0.29) is 18.2 Å². The number of nitrogens with two attached hydrogens (primary N) is 1. The van der Waals surface area contributed by atoms with Gasteiger partial charge in [-0.25, -0.2) is 0 Å². The van der Waals surface area contributed by atoms with Gasteiger partial charge in [-0.15, -0.1) is 0 Å². The molecule has 0 saturated heterocycles. The third-order valence-electron chi connectivity index (χ3n) is 3.54. The predicted molar refractivity (Wildman–Crippen MR) is 80.3 cm³/mol. The van der Waals surface area contributed by atoms with Crippen LogP contribution in [-0.2, 0) is 20.7 Å². The van der Waals surface area contributed by atoms with Crippen LogP contribution in [0.3, 0.4) is 0 Å². The monoisotopic (exact) mass is 305 g/mol. The van der Waals surface area contributed by atoms with E-state index < -0.39 is 11.9 Å². The normalized spacial score (nSPS) is 16.5. The lowest BCUT2D eigenvalue weighted by molar-refractivity contribution is -0.143. The Bertz CT molecular complexity index is 600. The second-order valence-electron chi connectivity index (χ2n) is 5.09. The fraction of sp³-hybridized carbons (Fsp3) is 0.400. The Balaban J connectivity index is 2.13. The van der Waals surface area contributed by atoms with Gasteiger partial charge in [0.25, 0.3) is 5.91 Å². The molecule has 0 fully saturated rings. The molecule has 1 atom stereocenters. The second kappa shape index (κ2) is 7.04. The summed E-state index contributed by atoms with van der Waals surface area (Å²) >= 11 is 0. The first-order valence-electron chi connectivity index (χ1n) is 7.04. The highest BCUT2D eigenvalue weighted by Gasteiger charge is 2.28. The molecule has 0 bridgehead atoms. The number of hydrogen-bond acceptors (Lipinski definition) is 5. The second-order valence-corrected chi connectivity index (χ2v) is 5.09. The molecule has 4 N–H and O–H groups in total. The quantitative estimate of drug-likeness (QED) is 0.666. The molecule has 2 rings (SSSR count). The van der Waals surface area contributed by atoms with Gasteiger partial charge in [0, 0.05) is 24.3 Å². The number of nitrogens with one attached hydrogen (secondary N) is 2. The molecule has 7 heteroatoms. The topological polar surface area (TPSA) is 111 Å². The Hall–Kier alpha value is -2.41. The Kier molecular flexibility index (Phi) is 5.11. The minimum atomic E-state index is -0.447. The Labute approximate surface area is 128 Å². The number of anilines is 1. The average molecular weight is 305 g/mol. The Morgan fingerprint density at radius 3 is 2.91 bits per heavy atom. The number of ether oxygens (including phenoxy) is 1. The van der Waals surface area contributed by atoms with Crippen molar-refractivity contribution >= 4 is 23.5 Å². The molecule has 118 valence electrons. The standard InChI is InChI=1S/C15H19N3O4/c1-22-13(19)8-11-6-9-2-3-10(14(20)17-5-4-16)7-12(9)18-15(11)21/h2-3,7,11H,4-6,8,16H2,1H3,(H,17,20)(H,18,21). The van der Waals surface area contributed by atoms with Crippen LogP contribution in [0.1, 0.15) is 22.3 Å². The van der Waals surface area contributed by atoms with Crippen molar-refractivity contribution in [2.75, 3.05) is 25.5 Å². The number of fused-ring (bicyclic) bond motifs is 1. The van der Waals surface area contributed by atoms with E-state index in [4.69, 9.17) is 5.73 Å². The third kappa shape index (κ3) is 3.62. The molecule has 22 heavy (non-hydrogen) atoms. The summed E-state index contributed by atoms with van der Waals surface area (Å²) in [4.78, 5) is 35.2. The summed E-state index contributed by atoms with van der Waals surface area (Å²) < 4.78 is 4.60. The SMILES string of the molecule is COC(=O)CC1Cc2ccc(C(=O)NCCN)cc2NC1=O. The van der Waals surface area contributed by atoms with Crippen LogP contribution in [0.25, 0.3) is 0 Å². The molecule has 1 aromatic rings. The lowest BCUT2D eigenvalue weighted by atomic mass is 9.90. The molecule has 0 saturated carbocycles. The van der Waals surface area contributed by atoms with Crippen molar-refractivity contribution in [1.82, 2.24) is 5.32 Å². The molecule has 0 aliphatic carbocycles. The molecule has 1 aliphatic heterocycles. The molecule has 0 spiro atoms. The van der Waals surface area contributed by atoms with Crippen LogP contribution in [0.4, 0.5) is 5.69 Å². The van der Waals surface area contributed by atoms with Crippen molar-refractivity contribution in [2.45, 2.75) is 12.8 Å². The maximum Gasteiger partial charge on any atom is 0.306 e. The van der Waals surface area contributed by atoms with Crippen molar-refractivity contribution in [1.29, 1.82) is 0 Å². The van der Waals surface area contributed by atoms with Gasteiger partial charge < -0.3 is 21.1 Å². The van der Waals surface area contributed by atoms with Gasteiger partial charge in [-0.2, -0.15) is 0 Å². The Morgan fingerprint density at radius 2 is 2.23 bits per heavy atom. The maximum absolute atomic E-state index is 12.0. The van der Waals surface area contributed by atoms with Crippen molar-refractivity contribution in [3.05, 3.63) is 29.3 Å². The van der Waals surface area contributed by atoms with Crippen molar-refractivity contribution < 1.29 is 19.1 Å². The zero-order valence-electron chi connectivity index (χ0n) is 12.3. The highest BCUT2D eigenvalue weighted by molar-refractivity contribution is 6.00. The fourth-order valence-corrected chi connectivity index (χ4v) is 2.34. The molecule has 1 aliphatic rings. The highest BCUT2D eigenvalue weighted by Crippen LogP contribution is 2.28. The average Bonchev–Trinajstić information content (AvgIpc) is 2.52. The highest BCUT2D eigenvalue weighted by atomic mass is 16.5. The van der Waals surface area contributed by atoms with Crippen LogP contribution in [0.2, 0.25) is 0 Å². The van der Waals surface area contributed by atoms with E-state index in [0.717, 1.165) is 5.56 Å². The van der Waals surface area contributed by atoms with E-state index in [1.165, 1.54) is 7.11 Å². The first-order valence-corrected chi connectivity index (χ1v) is 7.04. The summed E-state index contributed by atoms with van der Waals surface area (Å²) in [5, 5.41) is 5.41. The van der Waals surface area contributed by atoms with Crippen LogP contribution in [-0.4, -0.2) is 38.0 Å². The molecule has 1 unspecified atom stereocenters. The number of rotatable bonds is 5. The van der Waals surface area contributed by atoms with Gasteiger partial charge in [-0.3, -0.25) is 14.4 Å². The van der Waals surface area contributed by atoms with Gasteiger partial charge in [-0.05, 0) is 24.1 Å². The number of amides is 2. The fourth-order valence-electron chi connectivity index (χ4n) is 2.34. The molecule has 7 nitrogen and oxygen atoms in total. The molecule has 1 aromatic carbocycles. The largest absolute Gasteiger partial charge is 0.469 e. The number of benzene rings is 1. The van der Waals surface area contributed by atoms with Gasteiger partial charge in [0.2, 0.25) is 5.91 Å². The van der Waals surface area contributed by atoms with Crippen LogP contribution < -0.4 is 16.4 Å². The molecule has 1 heterocycles. The lowest BCUT2D eigenvalue weighted by Gasteiger charge is -2.24. The zero-order valence-corrected chi connectivity index (χ0v) is 12.3. The number of hydrogen-bond donors (Lipinski definition) is 3. The molecular formula is C15H19N3O4. The minimum absolute atomic E-state index is 0.0422. The maximum atomic E-state index is 12.0. The number of methoxy groups -OCH3 is 1. The van der Waals surface area contributed by atoms with Crippen molar-refractivity contribution in [3.63, 3.8) is 0 Å². The van der Waals surface area contributed by atoms with Crippen LogP contribution in [0.15, 0.2) is 18.2 Å². The van der Waals surface area contributed by atoms with E-state index in [0.29, 0.717) is 30.8 Å². The first-order chi connectivity index (χ1) is 10.5. The van der Waals surface area contributed by atoms with Crippen LogP contribution >= 0.6 is 0 Å². The van der Waals surface area contributed by atoms with Gasteiger partial charge in [0.15, 0.2) is 0 Å². The van der Waals surface area contributed by atoms with Gasteiger partial charge in [-0.1, -0.05) is 6.07 Å². The van der Waals surface area contributed by atoms with Crippen molar-refractivity contribution in [3.8, 4) is 0 Å². The predicted octanol–water partition coefficient (Wildman–Crippen LogP) is 0.0490. The van der Waals surface area contributed by atoms with E-state index in [1.54, 1.807) is 18.2 Å². The van der Waals surface area contributed by atoms with E-state index in [1.807, 2.05) is 0 Å². The van der Waals surface area contributed by atoms with Crippen LogP contribution in [0.5, 0.6) is 0 Å². The Morgan fingerprint density at radius 1 is 1.45 bits per heavy atom. The summed E-state index contributed by atoms with van der Waals surface area (Å²) in [7, 11) is 1.29. The van der Waals surface area contributed by atoms with E-state index in [9.17, 15) is 14.4 Å². The smallest absolute Gasteiger partial charge is 0.306 e. The van der Waals surface area contributed by atoms with Gasteiger partial charge >= 0.3 is 5.97 Å². The zero-order chi connectivity index (χ0) is 16.1. The summed E-state index contributed by atoms with van der Waals surface area (Å²) in [6, 6.07) is 5.11. The molecule has 0 radical (unpaired) electrons. The van der Waals surface area contributed by atoms with Gasteiger partial charge in [0.1, 0.15) is 0 Å². The summed E-state index contributed by atoms with van der Waals surface area (Å²) in [5.74, 6) is -1.34. The van der Waals surface area contributed by atoms with Gasteiger partial charge in [0.05, 0.1) is 19.4 Å². The lowest BCUT2D eigenvalue weighted by Crippen LogP contribution is -2.32.